The average molecular weight is 469 g/mol. The molecule has 4 rings (SSSR count). The van der Waals surface area contributed by atoms with Crippen LogP contribution in [0.4, 0.5) is 0 Å². The van der Waals surface area contributed by atoms with Crippen LogP contribution in [-0.4, -0.2) is 51.5 Å². The van der Waals surface area contributed by atoms with Gasteiger partial charge < -0.3 is 9.88 Å². The van der Waals surface area contributed by atoms with E-state index < -0.39 is 27.9 Å². The van der Waals surface area contributed by atoms with Gasteiger partial charge in [0.1, 0.15) is 10.7 Å². The molecule has 0 unspecified atom stereocenters. The first-order chi connectivity index (χ1) is 15.5. The van der Waals surface area contributed by atoms with Crippen LogP contribution in [0.1, 0.15) is 54.2 Å². The number of benzene rings is 2. The van der Waals surface area contributed by atoms with Crippen LogP contribution in [0.5, 0.6) is 0 Å². The van der Waals surface area contributed by atoms with E-state index in [2.05, 4.69) is 9.97 Å². The molecule has 2 aromatic carbocycles. The van der Waals surface area contributed by atoms with Crippen LogP contribution >= 0.6 is 0 Å². The highest BCUT2D eigenvalue weighted by atomic mass is 32.2. The second-order valence-electron chi connectivity index (χ2n) is 8.47. The summed E-state index contributed by atoms with van der Waals surface area (Å²) in [4.78, 5) is 46.8. The summed E-state index contributed by atoms with van der Waals surface area (Å²) in [5.41, 5.74) is 0.399. The molecule has 0 aliphatic carbocycles. The van der Waals surface area contributed by atoms with Crippen molar-refractivity contribution in [2.24, 2.45) is 0 Å². The highest BCUT2D eigenvalue weighted by Gasteiger charge is 2.43. The zero-order valence-corrected chi connectivity index (χ0v) is 19.5. The number of fused-ring (bicyclic) bond motifs is 2. The summed E-state index contributed by atoms with van der Waals surface area (Å²) in [5, 5.41) is 0.451. The summed E-state index contributed by atoms with van der Waals surface area (Å²) >= 11 is 0. The Morgan fingerprint density at radius 1 is 1.09 bits per heavy atom. The molecule has 3 aromatic rings. The van der Waals surface area contributed by atoms with Gasteiger partial charge in [0.15, 0.2) is 0 Å². The number of carbonyl (C=O) groups excluding carboxylic acids is 2. The fraction of sp³-hybridized carbons (Fsp3) is 0.304. The van der Waals surface area contributed by atoms with Crippen molar-refractivity contribution in [1.29, 1.82) is 0 Å². The fourth-order valence-electron chi connectivity index (χ4n) is 3.92. The summed E-state index contributed by atoms with van der Waals surface area (Å²) in [6.07, 6.45) is 0. The predicted molar refractivity (Wildman–Crippen MR) is 122 cm³/mol. The largest absolute Gasteiger partial charge is 0.329 e. The van der Waals surface area contributed by atoms with E-state index in [-0.39, 0.29) is 34.2 Å². The molecule has 2 amide bonds. The number of nitrogens with one attached hydrogen (secondary N) is 1. The summed E-state index contributed by atoms with van der Waals surface area (Å²) in [6, 6.07) is 10.2. The minimum atomic E-state index is -4.03. The average Bonchev–Trinajstić information content (AvgIpc) is 2.96. The smallest absolute Gasteiger partial charge is 0.269 e. The van der Waals surface area contributed by atoms with Crippen LogP contribution in [0.25, 0.3) is 10.9 Å². The van der Waals surface area contributed by atoms with Gasteiger partial charge in [0, 0.05) is 17.6 Å². The number of aromatic amines is 1. The van der Waals surface area contributed by atoms with Gasteiger partial charge in [0.05, 0.1) is 23.0 Å². The quantitative estimate of drug-likeness (QED) is 0.614. The van der Waals surface area contributed by atoms with Gasteiger partial charge in [-0.05, 0) is 58.0 Å². The molecule has 33 heavy (non-hydrogen) atoms. The van der Waals surface area contributed by atoms with E-state index in [1.807, 2.05) is 13.8 Å². The van der Waals surface area contributed by atoms with Crippen LogP contribution < -0.4 is 5.56 Å². The molecule has 2 heterocycles. The van der Waals surface area contributed by atoms with Gasteiger partial charge in [-0.3, -0.25) is 14.4 Å². The normalized spacial score (nSPS) is 14.8. The number of sulfonamides is 1. The Balaban J connectivity index is 1.70. The third kappa shape index (κ3) is 3.80. The number of carbonyl (C=O) groups is 2. The number of hydrogen-bond acceptors (Lipinski definition) is 6. The molecule has 10 heteroatoms. The number of amides is 2. The number of aromatic nitrogens is 2. The van der Waals surface area contributed by atoms with Crippen LogP contribution in [0, 0.1) is 0 Å². The van der Waals surface area contributed by atoms with Crippen molar-refractivity contribution in [3.8, 4) is 0 Å². The Morgan fingerprint density at radius 3 is 2.45 bits per heavy atom. The van der Waals surface area contributed by atoms with Crippen molar-refractivity contribution >= 4 is 32.7 Å². The number of para-hydroxylation sites is 1. The number of hydrogen-bond donors (Lipinski definition) is 1. The molecule has 0 fully saturated rings. The minimum Gasteiger partial charge on any atom is -0.329 e. The van der Waals surface area contributed by atoms with E-state index in [0.29, 0.717) is 16.7 Å². The Kier molecular flexibility index (Phi) is 5.57. The van der Waals surface area contributed by atoms with Gasteiger partial charge in [-0.25, -0.2) is 17.7 Å². The third-order valence-electron chi connectivity index (χ3n) is 5.53. The molecule has 0 bridgehead atoms. The van der Waals surface area contributed by atoms with Crippen molar-refractivity contribution in [2.45, 2.75) is 51.2 Å². The second-order valence-corrected chi connectivity index (χ2v) is 10.3. The molecule has 0 atom stereocenters. The fourth-order valence-corrected chi connectivity index (χ4v) is 5.71. The van der Waals surface area contributed by atoms with Crippen molar-refractivity contribution in [3.05, 3.63) is 69.8 Å². The zero-order chi connectivity index (χ0) is 24.1. The van der Waals surface area contributed by atoms with Gasteiger partial charge in [0.2, 0.25) is 0 Å². The second kappa shape index (κ2) is 8.11. The lowest BCUT2D eigenvalue weighted by Gasteiger charge is -2.26. The van der Waals surface area contributed by atoms with E-state index in [0.717, 1.165) is 4.31 Å². The van der Waals surface area contributed by atoms with E-state index in [9.17, 15) is 22.8 Å². The molecule has 0 spiro atoms. The number of nitrogens with zero attached hydrogens (tertiary/aromatic N) is 3. The van der Waals surface area contributed by atoms with Crippen LogP contribution in [0.2, 0.25) is 0 Å². The van der Waals surface area contributed by atoms with Gasteiger partial charge in [-0.1, -0.05) is 12.1 Å². The van der Waals surface area contributed by atoms with Gasteiger partial charge in [-0.2, -0.15) is 0 Å². The molecule has 172 valence electrons. The van der Waals surface area contributed by atoms with Crippen LogP contribution in [0.15, 0.2) is 52.2 Å². The number of rotatable bonds is 5. The van der Waals surface area contributed by atoms with E-state index in [1.54, 1.807) is 38.1 Å². The zero-order valence-electron chi connectivity index (χ0n) is 18.7. The lowest BCUT2D eigenvalue weighted by molar-refractivity contribution is 0.0684. The first-order valence-electron chi connectivity index (χ1n) is 10.5. The highest BCUT2D eigenvalue weighted by Crippen LogP contribution is 2.33. The van der Waals surface area contributed by atoms with E-state index >= 15 is 0 Å². The molecule has 0 radical (unpaired) electrons. The van der Waals surface area contributed by atoms with Gasteiger partial charge in [-0.15, -0.1) is 0 Å². The third-order valence-corrected chi connectivity index (χ3v) is 7.53. The maximum atomic E-state index is 13.4. The molecule has 1 aliphatic heterocycles. The SMILES string of the molecule is CC(C)N(Cc1nc2ccccc2c(=O)[nH]1)C(=O)c1ccc2c(c1)S(=O)(=O)N(C(C)C)C2=O. The molecule has 1 aromatic heterocycles. The van der Waals surface area contributed by atoms with E-state index in [4.69, 9.17) is 0 Å². The molecular formula is C23H24N4O5S. The summed E-state index contributed by atoms with van der Waals surface area (Å²) in [7, 11) is -4.03. The van der Waals surface area contributed by atoms with Crippen molar-refractivity contribution < 1.29 is 18.0 Å². The van der Waals surface area contributed by atoms with Crippen molar-refractivity contribution in [2.75, 3.05) is 0 Å². The van der Waals surface area contributed by atoms with Gasteiger partial charge in [0.25, 0.3) is 27.4 Å². The molecule has 9 nitrogen and oxygen atoms in total. The lowest BCUT2D eigenvalue weighted by atomic mass is 10.1. The lowest BCUT2D eigenvalue weighted by Crippen LogP contribution is -2.37. The number of H-pyrrole nitrogens is 1. The first-order valence-corrected chi connectivity index (χ1v) is 12.0. The minimum absolute atomic E-state index is 0.0253. The standard InChI is InChI=1S/C23H24N4O5S/c1-13(2)26(12-20-24-18-8-6-5-7-16(18)21(28)25-20)22(29)15-9-10-17-19(11-15)33(31,32)27(14(3)4)23(17)30/h5-11,13-14H,12H2,1-4H3,(H,24,25,28). The predicted octanol–water partition coefficient (Wildman–Crippen LogP) is 2.53. The maximum Gasteiger partial charge on any atom is 0.269 e. The van der Waals surface area contributed by atoms with Crippen LogP contribution in [-0.2, 0) is 16.6 Å². The summed E-state index contributed by atoms with van der Waals surface area (Å²) in [5.74, 6) is -0.720. The summed E-state index contributed by atoms with van der Waals surface area (Å²) in [6.45, 7) is 6.88. The molecule has 1 N–H and O–H groups in total. The molecule has 0 saturated heterocycles. The molecular weight excluding hydrogens is 444 g/mol. The van der Waals surface area contributed by atoms with Crippen molar-refractivity contribution in [1.82, 2.24) is 19.2 Å². The molecule has 0 saturated carbocycles. The Bertz CT molecular complexity index is 1440. The van der Waals surface area contributed by atoms with Gasteiger partial charge >= 0.3 is 0 Å². The Labute approximate surface area is 191 Å². The van der Waals surface area contributed by atoms with E-state index in [1.165, 1.54) is 23.1 Å². The topological polar surface area (TPSA) is 121 Å². The molecule has 1 aliphatic rings. The highest BCUT2D eigenvalue weighted by molar-refractivity contribution is 7.90. The Morgan fingerprint density at radius 2 is 1.79 bits per heavy atom. The monoisotopic (exact) mass is 468 g/mol. The van der Waals surface area contributed by atoms with Crippen molar-refractivity contribution in [3.63, 3.8) is 0 Å². The first kappa shape index (κ1) is 22.7. The Hall–Kier alpha value is -3.53. The summed E-state index contributed by atoms with van der Waals surface area (Å²) < 4.78 is 26.6. The maximum absolute atomic E-state index is 13.4. The van der Waals surface area contributed by atoms with Crippen LogP contribution in [0.3, 0.4) is 0 Å².